The Morgan fingerprint density at radius 2 is 1.67 bits per heavy atom. The van der Waals surface area contributed by atoms with E-state index in [9.17, 15) is 19.2 Å². The lowest BCUT2D eigenvalue weighted by atomic mass is 9.78. The molecule has 11 nitrogen and oxygen atoms in total. The van der Waals surface area contributed by atoms with Crippen LogP contribution < -0.4 is 14.2 Å². The van der Waals surface area contributed by atoms with E-state index < -0.39 is 47.9 Å². The van der Waals surface area contributed by atoms with Crippen molar-refractivity contribution in [3.63, 3.8) is 0 Å². The second-order valence-corrected chi connectivity index (χ2v) is 6.47. The van der Waals surface area contributed by atoms with E-state index >= 15 is 0 Å². The van der Waals surface area contributed by atoms with Gasteiger partial charge in [-0.3, -0.25) is 4.79 Å². The van der Waals surface area contributed by atoms with Crippen molar-refractivity contribution in [2.24, 2.45) is 0 Å². The molecule has 1 unspecified atom stereocenters. The molecule has 2 heterocycles. The number of methoxy groups -OCH3 is 5. The van der Waals surface area contributed by atoms with E-state index in [1.165, 1.54) is 27.4 Å². The first-order valence-electron chi connectivity index (χ1n) is 8.71. The van der Waals surface area contributed by atoms with Gasteiger partial charge in [-0.25, -0.2) is 14.4 Å². The molecule has 2 bridgehead atoms. The summed E-state index contributed by atoms with van der Waals surface area (Å²) in [5.41, 5.74) is -2.06. The van der Waals surface area contributed by atoms with Gasteiger partial charge in [-0.2, -0.15) is 0 Å². The number of carbonyl (C=O) groups is 4. The van der Waals surface area contributed by atoms with Gasteiger partial charge in [0.1, 0.15) is 0 Å². The van der Waals surface area contributed by atoms with Gasteiger partial charge in [-0.05, 0) is 6.07 Å². The standard InChI is InChI=1S/C19H20O11/c1-24-9-6-8(16(21)28-5)11(14(27-4)13(9)26-3)12-15-17(22)30-19(12,18(23)29-15)7-10(20)25-2/h6,12,15H,7H2,1-5H3/t12?,15-,19-/m1/s1. The highest BCUT2D eigenvalue weighted by molar-refractivity contribution is 6.02. The minimum absolute atomic E-state index is 0.00177. The SMILES string of the molecule is COC(=O)C[C@]12OC(=O)[C@H](OC1=O)C2c1c(C(=O)OC)cc(OC)c(OC)c1OC. The van der Waals surface area contributed by atoms with Gasteiger partial charge in [-0.1, -0.05) is 0 Å². The van der Waals surface area contributed by atoms with Crippen molar-refractivity contribution in [1.29, 1.82) is 0 Å². The van der Waals surface area contributed by atoms with Crippen LogP contribution in [0.1, 0.15) is 28.3 Å². The highest BCUT2D eigenvalue weighted by Gasteiger charge is 2.71. The first-order valence-corrected chi connectivity index (χ1v) is 8.71. The van der Waals surface area contributed by atoms with E-state index in [0.717, 1.165) is 14.2 Å². The summed E-state index contributed by atoms with van der Waals surface area (Å²) in [4.78, 5) is 49.7. The molecule has 1 aromatic carbocycles. The molecule has 0 aromatic heterocycles. The van der Waals surface area contributed by atoms with Crippen LogP contribution in [0.3, 0.4) is 0 Å². The Morgan fingerprint density at radius 3 is 2.20 bits per heavy atom. The molecule has 0 saturated carbocycles. The third kappa shape index (κ3) is 2.88. The minimum Gasteiger partial charge on any atom is -0.493 e. The normalized spacial score (nSPS) is 24.0. The maximum absolute atomic E-state index is 12.6. The fraction of sp³-hybridized carbons (Fsp3) is 0.474. The third-order valence-electron chi connectivity index (χ3n) is 5.12. The predicted octanol–water partition coefficient (Wildman–Crippen LogP) is 0.367. The summed E-state index contributed by atoms with van der Waals surface area (Å²) < 4.78 is 36.1. The average Bonchev–Trinajstić information content (AvgIpc) is 3.17. The summed E-state index contributed by atoms with van der Waals surface area (Å²) in [5.74, 6) is -4.38. The number of carbonyl (C=O) groups excluding carboxylic acids is 4. The number of ether oxygens (including phenoxy) is 7. The Kier molecular flexibility index (Phi) is 5.47. The van der Waals surface area contributed by atoms with Crippen LogP contribution in [-0.2, 0) is 33.3 Å². The molecule has 2 aliphatic heterocycles. The Morgan fingerprint density at radius 1 is 1.00 bits per heavy atom. The Labute approximate surface area is 171 Å². The number of fused-ring (bicyclic) bond motifs is 2. The molecule has 0 spiro atoms. The molecule has 1 aromatic rings. The molecule has 0 N–H and O–H groups in total. The van der Waals surface area contributed by atoms with Gasteiger partial charge in [0.15, 0.2) is 11.5 Å². The predicted molar refractivity (Wildman–Crippen MR) is 95.5 cm³/mol. The molecule has 3 atom stereocenters. The summed E-state index contributed by atoms with van der Waals surface area (Å²) in [6, 6.07) is 1.32. The van der Waals surface area contributed by atoms with E-state index in [1.807, 2.05) is 0 Å². The van der Waals surface area contributed by atoms with Gasteiger partial charge >= 0.3 is 23.9 Å². The average molecular weight is 424 g/mol. The Bertz CT molecular complexity index is 922. The highest BCUT2D eigenvalue weighted by Crippen LogP contribution is 2.56. The fourth-order valence-electron chi connectivity index (χ4n) is 3.84. The third-order valence-corrected chi connectivity index (χ3v) is 5.12. The molecule has 11 heteroatoms. The van der Waals surface area contributed by atoms with Crippen molar-refractivity contribution in [2.45, 2.75) is 24.0 Å². The lowest BCUT2D eigenvalue weighted by Gasteiger charge is -2.27. The van der Waals surface area contributed by atoms with Crippen LogP contribution in [0.25, 0.3) is 0 Å². The van der Waals surface area contributed by atoms with Crippen molar-refractivity contribution < 1.29 is 52.3 Å². The first-order chi connectivity index (χ1) is 14.3. The van der Waals surface area contributed by atoms with Gasteiger partial charge in [0.05, 0.1) is 53.5 Å². The molecule has 0 aliphatic carbocycles. The molecule has 0 amide bonds. The summed E-state index contributed by atoms with van der Waals surface area (Å²) in [6.45, 7) is 0. The molecule has 0 radical (unpaired) electrons. The lowest BCUT2D eigenvalue weighted by molar-refractivity contribution is -0.188. The Balaban J connectivity index is 2.34. The van der Waals surface area contributed by atoms with E-state index in [4.69, 9.17) is 28.4 Å². The molecule has 2 aliphatic rings. The van der Waals surface area contributed by atoms with E-state index in [0.29, 0.717) is 0 Å². The van der Waals surface area contributed by atoms with Crippen LogP contribution in [0.15, 0.2) is 6.07 Å². The summed E-state index contributed by atoms with van der Waals surface area (Å²) in [6.07, 6.45) is -2.02. The summed E-state index contributed by atoms with van der Waals surface area (Å²) >= 11 is 0. The first kappa shape index (κ1) is 21.2. The van der Waals surface area contributed by atoms with Crippen LogP contribution in [-0.4, -0.2) is 71.1 Å². The van der Waals surface area contributed by atoms with E-state index in [-0.39, 0.29) is 28.4 Å². The number of esters is 4. The van der Waals surface area contributed by atoms with Gasteiger partial charge in [0.2, 0.25) is 17.5 Å². The van der Waals surface area contributed by atoms with Crippen LogP contribution in [0.2, 0.25) is 0 Å². The molecular formula is C19H20O11. The van der Waals surface area contributed by atoms with Crippen LogP contribution in [0, 0.1) is 0 Å². The topological polar surface area (TPSA) is 133 Å². The monoisotopic (exact) mass is 424 g/mol. The summed E-state index contributed by atoms with van der Waals surface area (Å²) in [7, 11) is 6.29. The van der Waals surface area contributed by atoms with E-state index in [1.54, 1.807) is 0 Å². The molecule has 2 fully saturated rings. The van der Waals surface area contributed by atoms with Crippen molar-refractivity contribution in [3.05, 3.63) is 17.2 Å². The smallest absolute Gasteiger partial charge is 0.352 e. The second-order valence-electron chi connectivity index (χ2n) is 6.47. The van der Waals surface area contributed by atoms with E-state index in [2.05, 4.69) is 4.74 Å². The molecule has 162 valence electrons. The molecular weight excluding hydrogens is 404 g/mol. The molecule has 30 heavy (non-hydrogen) atoms. The molecule has 3 rings (SSSR count). The maximum atomic E-state index is 12.6. The van der Waals surface area contributed by atoms with Gasteiger partial charge in [-0.15, -0.1) is 0 Å². The largest absolute Gasteiger partial charge is 0.493 e. The highest BCUT2D eigenvalue weighted by atomic mass is 16.7. The number of hydrogen-bond donors (Lipinski definition) is 0. The summed E-state index contributed by atoms with van der Waals surface area (Å²) in [5, 5.41) is 0. The van der Waals surface area contributed by atoms with Crippen LogP contribution in [0.5, 0.6) is 17.2 Å². The van der Waals surface area contributed by atoms with Crippen molar-refractivity contribution in [1.82, 2.24) is 0 Å². The zero-order chi connectivity index (χ0) is 22.2. The number of benzene rings is 1. The second kappa shape index (κ2) is 7.73. The van der Waals surface area contributed by atoms with Crippen molar-refractivity contribution in [2.75, 3.05) is 35.5 Å². The molecule has 2 saturated heterocycles. The van der Waals surface area contributed by atoms with Gasteiger partial charge in [0, 0.05) is 5.56 Å². The fourth-order valence-corrected chi connectivity index (χ4v) is 3.84. The lowest BCUT2D eigenvalue weighted by Crippen LogP contribution is -2.44. The van der Waals surface area contributed by atoms with Crippen molar-refractivity contribution >= 4 is 23.9 Å². The maximum Gasteiger partial charge on any atom is 0.352 e. The Hall–Kier alpha value is -3.50. The van der Waals surface area contributed by atoms with Crippen LogP contribution >= 0.6 is 0 Å². The van der Waals surface area contributed by atoms with Gasteiger partial charge in [0.25, 0.3) is 0 Å². The van der Waals surface area contributed by atoms with Crippen molar-refractivity contribution in [3.8, 4) is 17.2 Å². The zero-order valence-electron chi connectivity index (χ0n) is 16.9. The number of rotatable bonds is 7. The number of hydrogen-bond acceptors (Lipinski definition) is 11. The zero-order valence-corrected chi connectivity index (χ0v) is 16.9. The van der Waals surface area contributed by atoms with Crippen LogP contribution in [0.4, 0.5) is 0 Å². The van der Waals surface area contributed by atoms with Gasteiger partial charge < -0.3 is 33.2 Å². The minimum atomic E-state index is -2.04. The quantitative estimate of drug-likeness (QED) is 0.444.